The molecule has 0 atom stereocenters. The third-order valence-corrected chi connectivity index (χ3v) is 0. The van der Waals surface area contributed by atoms with Gasteiger partial charge in [0.2, 0.25) is 0 Å². The van der Waals surface area contributed by atoms with Crippen LogP contribution in [0.4, 0.5) is 0 Å². The Balaban J connectivity index is -0.00000000500. The topological polar surface area (TPSA) is 58.8 Å². The van der Waals surface area contributed by atoms with E-state index in [1.807, 2.05) is 0 Å². The summed E-state index contributed by atoms with van der Waals surface area (Å²) in [6.07, 6.45) is 0. The molecule has 0 heterocycles. The molecule has 0 unspecified atom stereocenters. The maximum absolute atomic E-state index is 6.94. The number of rotatable bonds is 0. The third kappa shape index (κ3) is 14.4. The van der Waals surface area contributed by atoms with Gasteiger partial charge in [-0.3, -0.25) is 0 Å². The van der Waals surface area contributed by atoms with Crippen molar-refractivity contribution in [1.82, 2.24) is 6.15 Å². The molecule has 0 spiro atoms. The van der Waals surface area contributed by atoms with Gasteiger partial charge in [-0.05, 0) is 0 Å². The van der Waals surface area contributed by atoms with E-state index in [-0.39, 0.29) is 23.5 Å². The van der Waals surface area contributed by atoms with Crippen LogP contribution in [0.25, 0.3) is 0 Å². The van der Waals surface area contributed by atoms with Gasteiger partial charge in [-0.2, -0.15) is 0 Å². The van der Waals surface area contributed by atoms with Crippen LogP contribution in [0.1, 0.15) is 0 Å². The Kier molecular flexibility index (Phi) is 255. The van der Waals surface area contributed by atoms with Gasteiger partial charge in [0, 0.05) is 17.4 Å². The van der Waals surface area contributed by atoms with E-state index >= 15 is 0 Å². The first kappa shape index (κ1) is 21.5. The fraction of sp³-hybridized carbons (Fsp3) is 0. The second-order valence-electron chi connectivity index (χ2n) is 0. The summed E-state index contributed by atoms with van der Waals surface area (Å²) in [5.74, 6) is 0. The van der Waals surface area contributed by atoms with Gasteiger partial charge in [-0.25, -0.2) is 0 Å². The fourth-order valence-electron chi connectivity index (χ4n) is 0. The summed E-state index contributed by atoms with van der Waals surface area (Å²) in [5, 5.41) is 0. The third-order valence-electron chi connectivity index (χ3n) is 0. The first-order valence-corrected chi connectivity index (χ1v) is 0.825. The average Bonchev–Trinajstić information content (AvgIpc) is 1.00. The zero-order chi connectivity index (χ0) is 2.00. The second-order valence-corrected chi connectivity index (χ2v) is 0. The fourth-order valence-corrected chi connectivity index (χ4v) is 0. The van der Waals surface area contributed by atoms with E-state index < -0.39 is 0 Å². The van der Waals surface area contributed by atoms with Crippen molar-refractivity contribution in [2.45, 2.75) is 0 Å². The summed E-state index contributed by atoms with van der Waals surface area (Å²) in [7, 11) is 0. The van der Waals surface area contributed by atoms with Gasteiger partial charge < -0.3 is 6.15 Å². The summed E-state index contributed by atoms with van der Waals surface area (Å²) in [4.78, 5) is 0. The molecule has 4 heteroatoms. The Hall–Kier alpha value is 0.787. The molecule has 0 saturated carbocycles. The van der Waals surface area contributed by atoms with Crippen molar-refractivity contribution >= 4 is 0 Å². The first-order chi connectivity index (χ1) is 1.00. The summed E-state index contributed by atoms with van der Waals surface area (Å²) in [6.45, 7) is 0. The number of hydrogen-bond donors (Lipinski definition) is 1. The van der Waals surface area contributed by atoms with Gasteiger partial charge in [-0.1, -0.05) is 0 Å². The Morgan fingerprint density at radius 1 is 1.25 bits per heavy atom. The zero-order valence-electron chi connectivity index (χ0n) is 2.01. The normalized spacial score (nSPS) is 0.500. The molecule has 0 aliphatic rings. The monoisotopic (exact) mass is 134 g/mol. The average molecular weight is 134 g/mol. The van der Waals surface area contributed by atoms with E-state index in [0.717, 1.165) is 0 Å². The first-order valence-electron chi connectivity index (χ1n) is 0.200. The molecular weight excluding hydrogens is 131 g/mol. The summed E-state index contributed by atoms with van der Waals surface area (Å²) in [5.41, 5.74) is 0. The van der Waals surface area contributed by atoms with E-state index in [2.05, 4.69) is 0 Å². The van der Waals surface area contributed by atoms with Gasteiger partial charge in [0.1, 0.15) is 0 Å². The SMILES string of the molecule is N.[Cr].[N]#[V]. The van der Waals surface area contributed by atoms with Crippen LogP contribution in [0.2, 0.25) is 0 Å². The van der Waals surface area contributed by atoms with E-state index in [1.165, 1.54) is 17.1 Å². The Morgan fingerprint density at radius 3 is 1.25 bits per heavy atom. The molecular formula is H3CrN2V. The second kappa shape index (κ2) is 47.5. The predicted octanol–water partition coefficient (Wildman–Crippen LogP) is 0.172. The van der Waals surface area contributed by atoms with Gasteiger partial charge in [0.25, 0.3) is 0 Å². The Bertz CT molecular complexity index is 10.8. The summed E-state index contributed by atoms with van der Waals surface area (Å²) >= 11 is 1.31. The van der Waals surface area contributed by atoms with Gasteiger partial charge in [0.15, 0.2) is 0 Å². The van der Waals surface area contributed by atoms with Gasteiger partial charge in [0.05, 0.1) is 0 Å². The molecule has 0 aromatic rings. The minimum atomic E-state index is 0. The van der Waals surface area contributed by atoms with Crippen LogP contribution >= 0.6 is 0 Å². The molecule has 0 radical (unpaired) electrons. The van der Waals surface area contributed by atoms with Gasteiger partial charge >= 0.3 is 21.1 Å². The molecule has 0 aromatic heterocycles. The maximum atomic E-state index is 6.94. The van der Waals surface area contributed by atoms with Crippen molar-refractivity contribution in [3.63, 3.8) is 0 Å². The van der Waals surface area contributed by atoms with E-state index in [4.69, 9.17) is 4.03 Å². The van der Waals surface area contributed by atoms with Crippen molar-refractivity contribution < 1.29 is 34.4 Å². The molecule has 0 aliphatic carbocycles. The molecule has 0 aromatic carbocycles. The number of nitrogens with zero attached hydrogens (tertiary/aromatic N) is 1. The Morgan fingerprint density at radius 2 is 1.25 bits per heavy atom. The van der Waals surface area contributed by atoms with E-state index in [0.29, 0.717) is 0 Å². The molecule has 2 nitrogen and oxygen atoms in total. The van der Waals surface area contributed by atoms with Crippen LogP contribution < -0.4 is 6.15 Å². The zero-order valence-corrected chi connectivity index (χ0v) is 4.68. The quantitative estimate of drug-likeness (QED) is 0.513. The summed E-state index contributed by atoms with van der Waals surface area (Å²) in [6, 6.07) is 0. The van der Waals surface area contributed by atoms with Crippen molar-refractivity contribution in [1.29, 1.82) is 4.03 Å². The standard InChI is InChI=1S/Cr.H3N.N.V/h;1H3;;. The molecule has 24 valence electrons. The molecule has 0 bridgehead atoms. The minimum absolute atomic E-state index is 0. The van der Waals surface area contributed by atoms with Crippen LogP contribution in [0.15, 0.2) is 0 Å². The Labute approximate surface area is 44.9 Å². The summed E-state index contributed by atoms with van der Waals surface area (Å²) < 4.78 is 6.94. The molecule has 0 amide bonds. The van der Waals surface area contributed by atoms with Crippen LogP contribution in [-0.4, -0.2) is 0 Å². The molecule has 3 N–H and O–H groups in total. The molecule has 0 fully saturated rings. The van der Waals surface area contributed by atoms with Crippen LogP contribution in [0, 0.1) is 4.03 Å². The van der Waals surface area contributed by atoms with Crippen molar-refractivity contribution in [2.75, 3.05) is 0 Å². The van der Waals surface area contributed by atoms with E-state index in [1.54, 1.807) is 0 Å². The molecule has 0 aliphatic heterocycles. The van der Waals surface area contributed by atoms with Crippen molar-refractivity contribution in [2.24, 2.45) is 0 Å². The predicted molar refractivity (Wildman–Crippen MR) is 6.75 cm³/mol. The number of hydrogen-bond acceptors (Lipinski definition) is 2. The molecule has 4 heavy (non-hydrogen) atoms. The molecule has 0 rings (SSSR count). The van der Waals surface area contributed by atoms with Crippen LogP contribution in [-0.2, 0) is 34.4 Å². The van der Waals surface area contributed by atoms with Gasteiger partial charge in [-0.15, -0.1) is 0 Å². The van der Waals surface area contributed by atoms with Crippen molar-refractivity contribution in [3.05, 3.63) is 0 Å². The van der Waals surface area contributed by atoms with E-state index in [9.17, 15) is 0 Å². The van der Waals surface area contributed by atoms with Crippen molar-refractivity contribution in [3.8, 4) is 0 Å². The van der Waals surface area contributed by atoms with Crippen LogP contribution in [0.3, 0.4) is 0 Å². The molecule has 0 saturated heterocycles. The van der Waals surface area contributed by atoms with Crippen LogP contribution in [0.5, 0.6) is 0 Å².